The number of aromatic amines is 2. The van der Waals surface area contributed by atoms with E-state index in [9.17, 15) is 0 Å². The van der Waals surface area contributed by atoms with E-state index in [0.29, 0.717) is 0 Å². The zero-order chi connectivity index (χ0) is 19.5. The first-order valence-corrected chi connectivity index (χ1v) is 9.67. The molecule has 8 bridgehead atoms. The van der Waals surface area contributed by atoms with Crippen molar-refractivity contribution >= 4 is 28.5 Å². The van der Waals surface area contributed by atoms with Crippen LogP contribution in [0, 0.1) is 0 Å². The molecule has 4 heteroatoms. The fourth-order valence-electron chi connectivity index (χ4n) is 3.99. The second-order valence-corrected chi connectivity index (χ2v) is 7.96. The fourth-order valence-corrected chi connectivity index (χ4v) is 3.99. The molecule has 0 spiro atoms. The number of hydrogen-bond donors (Lipinski definition) is 3. The summed E-state index contributed by atoms with van der Waals surface area (Å²) >= 11 is 0. The Morgan fingerprint density at radius 1 is 0.857 bits per heavy atom. The predicted molar refractivity (Wildman–Crippen MR) is 117 cm³/mol. The van der Waals surface area contributed by atoms with Crippen LogP contribution in [0.15, 0.2) is 65.0 Å². The zero-order valence-corrected chi connectivity index (χ0v) is 16.6. The molecule has 2 aromatic heterocycles. The third kappa shape index (κ3) is 2.56. The van der Waals surface area contributed by atoms with Crippen molar-refractivity contribution in [3.05, 3.63) is 82.0 Å². The summed E-state index contributed by atoms with van der Waals surface area (Å²) in [6.45, 7) is 8.67. The maximum Gasteiger partial charge on any atom is 0.0765 e. The van der Waals surface area contributed by atoms with Gasteiger partial charge in [-0.1, -0.05) is 6.08 Å². The molecule has 1 unspecified atom stereocenters. The Balaban J connectivity index is 1.79. The van der Waals surface area contributed by atoms with E-state index < -0.39 is 0 Å². The summed E-state index contributed by atoms with van der Waals surface area (Å²) in [7, 11) is 0. The molecular formula is C24H24N4. The molecule has 1 atom stereocenters. The normalized spacial score (nSPS) is 31.6. The highest BCUT2D eigenvalue weighted by Crippen LogP contribution is 2.30. The molecular weight excluding hydrogens is 344 g/mol. The first kappa shape index (κ1) is 16.9. The van der Waals surface area contributed by atoms with E-state index in [1.807, 2.05) is 0 Å². The molecule has 2 aromatic rings. The van der Waals surface area contributed by atoms with Gasteiger partial charge in [-0.3, -0.25) is 0 Å². The number of H-pyrrole nitrogens is 2. The second-order valence-electron chi connectivity index (χ2n) is 7.96. The lowest BCUT2D eigenvalue weighted by Gasteiger charge is -2.26. The summed E-state index contributed by atoms with van der Waals surface area (Å²) in [5.74, 6) is 0. The zero-order valence-electron chi connectivity index (χ0n) is 16.6. The SMILES string of the molecule is C/C1=C2\C=CC(C)(N2)/C(C)=c2/cc/c([nH]2)=C(\C)C2=N/C(=C\c3ccc1[nH]3)C=C2. The maximum absolute atomic E-state index is 4.80. The van der Waals surface area contributed by atoms with Crippen molar-refractivity contribution in [2.75, 3.05) is 0 Å². The molecule has 0 saturated carbocycles. The van der Waals surface area contributed by atoms with E-state index in [4.69, 9.17) is 4.99 Å². The summed E-state index contributed by atoms with van der Waals surface area (Å²) in [6, 6.07) is 8.54. The van der Waals surface area contributed by atoms with Crippen molar-refractivity contribution in [1.82, 2.24) is 15.3 Å². The smallest absolute Gasteiger partial charge is 0.0765 e. The number of nitrogens with one attached hydrogen (secondary N) is 3. The Bertz CT molecular complexity index is 1270. The van der Waals surface area contributed by atoms with E-state index >= 15 is 0 Å². The maximum atomic E-state index is 4.80. The van der Waals surface area contributed by atoms with Crippen molar-refractivity contribution in [3.8, 4) is 0 Å². The molecule has 4 nitrogen and oxygen atoms in total. The van der Waals surface area contributed by atoms with Gasteiger partial charge in [0, 0.05) is 27.8 Å². The molecule has 0 aromatic carbocycles. The number of rotatable bonds is 0. The fraction of sp³-hybridized carbons (Fsp3) is 0.208. The van der Waals surface area contributed by atoms with Gasteiger partial charge in [-0.25, -0.2) is 4.99 Å². The van der Waals surface area contributed by atoms with Crippen LogP contribution in [0.4, 0.5) is 0 Å². The van der Waals surface area contributed by atoms with Gasteiger partial charge < -0.3 is 15.3 Å². The van der Waals surface area contributed by atoms with Gasteiger partial charge in [-0.15, -0.1) is 0 Å². The van der Waals surface area contributed by atoms with Crippen molar-refractivity contribution < 1.29 is 0 Å². The van der Waals surface area contributed by atoms with Gasteiger partial charge in [0.25, 0.3) is 0 Å². The predicted octanol–water partition coefficient (Wildman–Crippen LogP) is 3.40. The Labute approximate surface area is 164 Å². The van der Waals surface area contributed by atoms with E-state index in [2.05, 4.69) is 97.6 Å². The van der Waals surface area contributed by atoms with Crippen LogP contribution in [0.3, 0.4) is 0 Å². The van der Waals surface area contributed by atoms with Crippen LogP contribution in [-0.4, -0.2) is 21.2 Å². The molecule has 5 heterocycles. The largest absolute Gasteiger partial charge is 0.372 e. The van der Waals surface area contributed by atoms with Gasteiger partial charge in [0.2, 0.25) is 0 Å². The number of aliphatic imine (C=N–C) groups is 1. The highest BCUT2D eigenvalue weighted by molar-refractivity contribution is 6.25. The first-order valence-electron chi connectivity index (χ1n) is 9.67. The summed E-state index contributed by atoms with van der Waals surface area (Å²) in [5, 5.41) is 5.96. The molecule has 3 aliphatic heterocycles. The number of aromatic nitrogens is 2. The van der Waals surface area contributed by atoms with Crippen LogP contribution in [0.25, 0.3) is 22.8 Å². The quantitative estimate of drug-likeness (QED) is 0.656. The second kappa shape index (κ2) is 5.86. The Kier molecular flexibility index (Phi) is 3.53. The molecule has 0 fully saturated rings. The van der Waals surface area contributed by atoms with Gasteiger partial charge in [0.05, 0.1) is 16.9 Å². The highest BCUT2D eigenvalue weighted by Gasteiger charge is 2.29. The standard InChI is InChI=1S/C24H24N4/c1-14-19-7-5-17(25-19)13-18-6-8-20(26-18)15(2)22-11-12-24(4,28-22)16(3)23-10-9-21(14)27-23/h5-13,26-28H,1-4H3/b17-13-,21-14-,22-15-,23-16-. The van der Waals surface area contributed by atoms with Crippen molar-refractivity contribution in [2.24, 2.45) is 4.99 Å². The van der Waals surface area contributed by atoms with Crippen LogP contribution < -0.4 is 16.0 Å². The first-order chi connectivity index (χ1) is 13.4. The number of fused-ring (bicyclic) bond motifs is 7. The Hall–Kier alpha value is -3.27. The lowest BCUT2D eigenvalue weighted by molar-refractivity contribution is 0.637. The number of nitrogens with zero attached hydrogens (tertiary/aromatic N) is 1. The average Bonchev–Trinajstić information content (AvgIpc) is 3.46. The van der Waals surface area contributed by atoms with Crippen molar-refractivity contribution in [3.63, 3.8) is 0 Å². The number of hydrogen-bond acceptors (Lipinski definition) is 2. The van der Waals surface area contributed by atoms with Crippen LogP contribution in [0.5, 0.6) is 0 Å². The van der Waals surface area contributed by atoms with Gasteiger partial charge in [0.15, 0.2) is 0 Å². The topological polar surface area (TPSA) is 56.0 Å². The van der Waals surface area contributed by atoms with Gasteiger partial charge in [0.1, 0.15) is 0 Å². The molecule has 0 amide bonds. The van der Waals surface area contributed by atoms with E-state index in [1.54, 1.807) is 0 Å². The molecule has 0 aliphatic carbocycles. The van der Waals surface area contributed by atoms with E-state index in [1.165, 1.54) is 11.1 Å². The highest BCUT2D eigenvalue weighted by atomic mass is 15.0. The molecule has 28 heavy (non-hydrogen) atoms. The minimum atomic E-state index is -0.225. The lowest BCUT2D eigenvalue weighted by atomic mass is 9.94. The lowest BCUT2D eigenvalue weighted by Crippen LogP contribution is -2.39. The van der Waals surface area contributed by atoms with E-state index in [-0.39, 0.29) is 5.54 Å². The van der Waals surface area contributed by atoms with Gasteiger partial charge in [-0.2, -0.15) is 0 Å². The number of allylic oxidation sites excluding steroid dienone is 4. The van der Waals surface area contributed by atoms with Crippen LogP contribution in [0.1, 0.15) is 39.1 Å². The monoisotopic (exact) mass is 368 g/mol. The van der Waals surface area contributed by atoms with Gasteiger partial charge in [-0.05, 0) is 93.0 Å². The van der Waals surface area contributed by atoms with Crippen molar-refractivity contribution in [2.45, 2.75) is 33.2 Å². The summed E-state index contributed by atoms with van der Waals surface area (Å²) in [5.41, 5.74) is 8.65. The molecule has 0 saturated heterocycles. The minimum Gasteiger partial charge on any atom is -0.372 e. The Morgan fingerprint density at radius 3 is 2.54 bits per heavy atom. The van der Waals surface area contributed by atoms with Crippen LogP contribution in [-0.2, 0) is 0 Å². The molecule has 3 aliphatic rings. The summed E-state index contributed by atoms with van der Waals surface area (Å²) < 4.78 is 0. The summed E-state index contributed by atoms with van der Waals surface area (Å²) in [4.78, 5) is 11.9. The van der Waals surface area contributed by atoms with Crippen LogP contribution in [0.2, 0.25) is 0 Å². The van der Waals surface area contributed by atoms with Crippen LogP contribution >= 0.6 is 0 Å². The summed E-state index contributed by atoms with van der Waals surface area (Å²) in [6.07, 6.45) is 10.7. The third-order valence-electron chi connectivity index (χ3n) is 6.12. The average molecular weight is 368 g/mol. The van der Waals surface area contributed by atoms with Crippen molar-refractivity contribution in [1.29, 1.82) is 0 Å². The molecule has 3 N–H and O–H groups in total. The minimum absolute atomic E-state index is 0.225. The Morgan fingerprint density at radius 2 is 1.68 bits per heavy atom. The third-order valence-corrected chi connectivity index (χ3v) is 6.12. The molecule has 5 rings (SSSR count). The van der Waals surface area contributed by atoms with Gasteiger partial charge >= 0.3 is 0 Å². The molecule has 0 radical (unpaired) electrons. The van der Waals surface area contributed by atoms with E-state index in [0.717, 1.165) is 44.8 Å². The molecule has 140 valence electrons.